The van der Waals surface area contributed by atoms with Crippen LogP contribution in [0.4, 0.5) is 0 Å². The van der Waals surface area contributed by atoms with Crippen molar-refractivity contribution in [2.24, 2.45) is 0 Å². The average Bonchev–Trinajstić information content (AvgIpc) is 2.70. The van der Waals surface area contributed by atoms with Crippen molar-refractivity contribution in [2.45, 2.75) is 24.0 Å². The molecule has 1 amide bonds. The average molecular weight is 408 g/mol. The number of hydrogen-bond donors (Lipinski definition) is 1. The number of nitrogens with zero attached hydrogens (tertiary/aromatic N) is 2. The molecule has 0 spiro atoms. The summed E-state index contributed by atoms with van der Waals surface area (Å²) in [5.74, 6) is 0.758. The maximum Gasteiger partial charge on any atom is 0.251 e. The first-order chi connectivity index (χ1) is 12.9. The van der Waals surface area contributed by atoms with Crippen LogP contribution < -0.4 is 5.32 Å². The Labute approximate surface area is 165 Å². The number of carbonyl (C=O) groups excluding carboxylic acids is 1. The molecule has 0 fully saturated rings. The molecule has 2 aromatic rings. The first kappa shape index (κ1) is 21.4. The van der Waals surface area contributed by atoms with Gasteiger partial charge in [-0.3, -0.25) is 9.78 Å². The maximum absolute atomic E-state index is 12.2. The Morgan fingerprint density at radius 1 is 1.22 bits per heavy atom. The Hall–Kier alpha value is -1.90. The molecule has 8 heteroatoms. The Balaban J connectivity index is 1.75. The zero-order chi connectivity index (χ0) is 19.7. The molecule has 2 rings (SSSR count). The van der Waals surface area contributed by atoms with Gasteiger partial charge in [0.15, 0.2) is 0 Å². The molecule has 0 radical (unpaired) electrons. The topological polar surface area (TPSA) is 79.4 Å². The molecule has 0 saturated heterocycles. The third-order valence-electron chi connectivity index (χ3n) is 4.02. The minimum atomic E-state index is -3.17. The number of sulfonamides is 1. The zero-order valence-corrected chi connectivity index (χ0v) is 17.2. The molecule has 0 atom stereocenters. The van der Waals surface area contributed by atoms with Crippen molar-refractivity contribution >= 4 is 27.7 Å². The molecule has 0 aliphatic carbocycles. The molecular formula is C19H25N3O3S2. The summed E-state index contributed by atoms with van der Waals surface area (Å²) in [5.41, 5.74) is 1.75. The lowest BCUT2D eigenvalue weighted by Crippen LogP contribution is -2.32. The minimum absolute atomic E-state index is 0.0843. The monoisotopic (exact) mass is 407 g/mol. The van der Waals surface area contributed by atoms with Crippen LogP contribution in [-0.2, 0) is 15.8 Å². The number of pyridine rings is 1. The first-order valence-electron chi connectivity index (χ1n) is 8.76. The van der Waals surface area contributed by atoms with Crippen LogP contribution in [0.5, 0.6) is 0 Å². The molecule has 1 aromatic carbocycles. The number of hydrogen-bond acceptors (Lipinski definition) is 5. The molecule has 1 aromatic heterocycles. The number of rotatable bonds is 10. The summed E-state index contributed by atoms with van der Waals surface area (Å²) in [4.78, 5) is 17.4. The van der Waals surface area contributed by atoms with Crippen molar-refractivity contribution in [1.82, 2.24) is 14.6 Å². The van der Waals surface area contributed by atoms with Crippen LogP contribution in [0.1, 0.15) is 29.3 Å². The van der Waals surface area contributed by atoms with Crippen molar-refractivity contribution in [3.05, 3.63) is 59.9 Å². The van der Waals surface area contributed by atoms with E-state index in [-0.39, 0.29) is 11.7 Å². The smallest absolute Gasteiger partial charge is 0.251 e. The zero-order valence-electron chi connectivity index (χ0n) is 15.6. The highest BCUT2D eigenvalue weighted by Gasteiger charge is 2.14. The van der Waals surface area contributed by atoms with Crippen molar-refractivity contribution in [3.8, 4) is 0 Å². The van der Waals surface area contributed by atoms with Crippen LogP contribution >= 0.6 is 11.8 Å². The predicted molar refractivity (Wildman–Crippen MR) is 109 cm³/mol. The summed E-state index contributed by atoms with van der Waals surface area (Å²) < 4.78 is 24.6. The van der Waals surface area contributed by atoms with E-state index in [9.17, 15) is 13.2 Å². The lowest BCUT2D eigenvalue weighted by atomic mass is 10.2. The van der Waals surface area contributed by atoms with E-state index < -0.39 is 10.0 Å². The molecule has 146 valence electrons. The van der Waals surface area contributed by atoms with Gasteiger partial charge in [0, 0.05) is 48.7 Å². The van der Waals surface area contributed by atoms with E-state index in [1.165, 1.54) is 4.31 Å². The highest BCUT2D eigenvalue weighted by atomic mass is 32.2. The Kier molecular flexibility index (Phi) is 8.27. The van der Waals surface area contributed by atoms with E-state index in [2.05, 4.69) is 10.3 Å². The highest BCUT2D eigenvalue weighted by Crippen LogP contribution is 2.22. The van der Waals surface area contributed by atoms with Crippen LogP contribution in [0.2, 0.25) is 0 Å². The summed E-state index contributed by atoms with van der Waals surface area (Å²) in [6.07, 6.45) is 4.17. The molecular weight excluding hydrogens is 382 g/mol. The fourth-order valence-corrected chi connectivity index (χ4v) is 4.00. The van der Waals surface area contributed by atoms with Gasteiger partial charge in [0.2, 0.25) is 10.0 Å². The first-order valence-corrected chi connectivity index (χ1v) is 11.4. The van der Waals surface area contributed by atoms with E-state index in [1.807, 2.05) is 30.5 Å². The summed E-state index contributed by atoms with van der Waals surface area (Å²) in [6, 6.07) is 11.4. The van der Waals surface area contributed by atoms with Gasteiger partial charge in [0.25, 0.3) is 5.91 Å². The number of amides is 1. The molecule has 27 heavy (non-hydrogen) atoms. The molecule has 1 N–H and O–H groups in total. The van der Waals surface area contributed by atoms with E-state index in [4.69, 9.17) is 0 Å². The van der Waals surface area contributed by atoms with Crippen LogP contribution in [0.3, 0.4) is 0 Å². The second-order valence-corrected chi connectivity index (χ2v) is 9.42. The molecule has 1 heterocycles. The SMILES string of the molecule is CCS(=O)(=O)N(C)CCCNC(=O)c1ccc(SCc2cccnc2)cc1. The fraction of sp³-hybridized carbons (Fsp3) is 0.368. The third kappa shape index (κ3) is 6.97. The van der Waals surface area contributed by atoms with Gasteiger partial charge in [0.1, 0.15) is 0 Å². The Morgan fingerprint density at radius 3 is 2.59 bits per heavy atom. The Bertz CT molecular complexity index is 825. The van der Waals surface area contributed by atoms with E-state index in [0.29, 0.717) is 25.1 Å². The lowest BCUT2D eigenvalue weighted by Gasteiger charge is -2.15. The van der Waals surface area contributed by atoms with Gasteiger partial charge in [-0.05, 0) is 49.2 Å². The van der Waals surface area contributed by atoms with Crippen LogP contribution in [-0.4, -0.2) is 49.5 Å². The number of nitrogens with one attached hydrogen (secondary N) is 1. The number of thioether (sulfide) groups is 1. The van der Waals surface area contributed by atoms with Crippen LogP contribution in [0.15, 0.2) is 53.7 Å². The van der Waals surface area contributed by atoms with Gasteiger partial charge in [-0.25, -0.2) is 12.7 Å². The lowest BCUT2D eigenvalue weighted by molar-refractivity contribution is 0.0953. The molecule has 0 bridgehead atoms. The summed E-state index contributed by atoms with van der Waals surface area (Å²) in [7, 11) is -1.61. The summed E-state index contributed by atoms with van der Waals surface area (Å²) in [6.45, 7) is 2.44. The quantitative estimate of drug-likeness (QED) is 0.484. The second kappa shape index (κ2) is 10.4. The third-order valence-corrected chi connectivity index (χ3v) is 6.96. The van der Waals surface area contributed by atoms with Crippen molar-refractivity contribution < 1.29 is 13.2 Å². The molecule has 0 unspecified atom stereocenters. The van der Waals surface area contributed by atoms with E-state index >= 15 is 0 Å². The van der Waals surface area contributed by atoms with E-state index in [1.54, 1.807) is 44.1 Å². The van der Waals surface area contributed by atoms with Gasteiger partial charge in [0.05, 0.1) is 5.75 Å². The van der Waals surface area contributed by atoms with Gasteiger partial charge >= 0.3 is 0 Å². The van der Waals surface area contributed by atoms with Crippen LogP contribution in [0.25, 0.3) is 0 Å². The van der Waals surface area contributed by atoms with Crippen molar-refractivity contribution in [3.63, 3.8) is 0 Å². The van der Waals surface area contributed by atoms with Gasteiger partial charge < -0.3 is 5.32 Å². The normalized spacial score (nSPS) is 11.5. The fourth-order valence-electron chi connectivity index (χ4n) is 2.32. The standard InChI is InChI=1S/C19H25N3O3S2/c1-3-27(24,25)22(2)13-5-12-21-19(23)17-7-9-18(10-8-17)26-15-16-6-4-11-20-14-16/h4,6-11,14H,3,5,12-13,15H2,1-2H3,(H,21,23). The number of carbonyl (C=O) groups is 1. The maximum atomic E-state index is 12.2. The predicted octanol–water partition coefficient (Wildman–Crippen LogP) is 2.78. The summed E-state index contributed by atoms with van der Waals surface area (Å²) >= 11 is 1.69. The van der Waals surface area contributed by atoms with Gasteiger partial charge in [-0.2, -0.15) is 0 Å². The van der Waals surface area contributed by atoms with Gasteiger partial charge in [-0.1, -0.05) is 6.07 Å². The van der Waals surface area contributed by atoms with Crippen molar-refractivity contribution in [2.75, 3.05) is 25.9 Å². The second-order valence-electron chi connectivity index (χ2n) is 6.01. The summed E-state index contributed by atoms with van der Waals surface area (Å²) in [5, 5.41) is 2.83. The Morgan fingerprint density at radius 2 is 1.96 bits per heavy atom. The van der Waals surface area contributed by atoms with Crippen LogP contribution in [0, 0.1) is 0 Å². The molecule has 6 nitrogen and oxygen atoms in total. The van der Waals surface area contributed by atoms with Crippen molar-refractivity contribution in [1.29, 1.82) is 0 Å². The largest absolute Gasteiger partial charge is 0.352 e. The van der Waals surface area contributed by atoms with Gasteiger partial charge in [-0.15, -0.1) is 11.8 Å². The highest BCUT2D eigenvalue weighted by molar-refractivity contribution is 7.98. The molecule has 0 saturated carbocycles. The number of aromatic nitrogens is 1. The molecule has 0 aliphatic heterocycles. The van der Waals surface area contributed by atoms with E-state index in [0.717, 1.165) is 16.2 Å². The number of benzene rings is 1. The molecule has 0 aliphatic rings. The minimum Gasteiger partial charge on any atom is -0.352 e.